The molecule has 1 saturated carbocycles. The zero-order chi connectivity index (χ0) is 11.7. The molecule has 0 aromatic heterocycles. The van der Waals surface area contributed by atoms with Crippen molar-refractivity contribution in [3.8, 4) is 0 Å². The number of nitrogens with zero attached hydrogens (tertiary/aromatic N) is 1. The van der Waals surface area contributed by atoms with E-state index >= 15 is 0 Å². The normalized spacial score (nSPS) is 29.2. The maximum atomic E-state index is 11.7. The Morgan fingerprint density at radius 1 is 1.50 bits per heavy atom. The number of ether oxygens (including phenoxy) is 1. The number of carboxylic acids is 1. The zero-order valence-electron chi connectivity index (χ0n) is 9.09. The van der Waals surface area contributed by atoms with Crippen LogP contribution in [0.3, 0.4) is 0 Å². The monoisotopic (exact) mass is 245 g/mol. The van der Waals surface area contributed by atoms with Gasteiger partial charge >= 0.3 is 12.1 Å². The summed E-state index contributed by atoms with van der Waals surface area (Å²) in [5, 5.41) is 9.06. The highest BCUT2D eigenvalue weighted by molar-refractivity contribution is 8.00. The summed E-state index contributed by atoms with van der Waals surface area (Å²) in [6, 6.07) is -0.727. The van der Waals surface area contributed by atoms with E-state index in [0.29, 0.717) is 11.7 Å². The van der Waals surface area contributed by atoms with Gasteiger partial charge in [0, 0.05) is 5.75 Å². The van der Waals surface area contributed by atoms with Gasteiger partial charge in [-0.1, -0.05) is 0 Å². The van der Waals surface area contributed by atoms with E-state index in [2.05, 4.69) is 0 Å². The summed E-state index contributed by atoms with van der Waals surface area (Å²) in [4.78, 5) is 24.2. The molecule has 2 fully saturated rings. The van der Waals surface area contributed by atoms with E-state index in [0.717, 1.165) is 12.8 Å². The molecule has 90 valence electrons. The number of hydrogen-bond donors (Lipinski definition) is 1. The summed E-state index contributed by atoms with van der Waals surface area (Å²) in [6.45, 7) is 2.01. The SMILES string of the molecule is CCOC(=O)N1C(C(=O)O)CSC1C1CC1. The Labute approximate surface area is 98.1 Å². The van der Waals surface area contributed by atoms with Gasteiger partial charge in [0.15, 0.2) is 0 Å². The van der Waals surface area contributed by atoms with E-state index in [1.807, 2.05) is 0 Å². The van der Waals surface area contributed by atoms with Crippen LogP contribution in [0.25, 0.3) is 0 Å². The molecule has 1 saturated heterocycles. The largest absolute Gasteiger partial charge is 0.480 e. The smallest absolute Gasteiger partial charge is 0.411 e. The molecule has 0 aromatic rings. The minimum Gasteiger partial charge on any atom is -0.480 e. The molecule has 0 aromatic carbocycles. The van der Waals surface area contributed by atoms with Crippen molar-refractivity contribution < 1.29 is 19.4 Å². The van der Waals surface area contributed by atoms with Crippen molar-refractivity contribution in [3.05, 3.63) is 0 Å². The van der Waals surface area contributed by atoms with Crippen LogP contribution in [0.4, 0.5) is 4.79 Å². The second-order valence-electron chi connectivity index (χ2n) is 4.02. The topological polar surface area (TPSA) is 66.8 Å². The van der Waals surface area contributed by atoms with Crippen LogP contribution in [0.1, 0.15) is 19.8 Å². The number of rotatable bonds is 3. The van der Waals surface area contributed by atoms with Crippen LogP contribution >= 0.6 is 11.8 Å². The minimum absolute atomic E-state index is 0.000139. The Morgan fingerprint density at radius 2 is 2.19 bits per heavy atom. The fraction of sp³-hybridized carbons (Fsp3) is 0.800. The predicted octanol–water partition coefficient (Wildman–Crippen LogP) is 1.38. The number of aliphatic carboxylic acids is 1. The lowest BCUT2D eigenvalue weighted by molar-refractivity contribution is -0.141. The molecule has 0 radical (unpaired) electrons. The van der Waals surface area contributed by atoms with E-state index in [4.69, 9.17) is 9.84 Å². The van der Waals surface area contributed by atoms with Gasteiger partial charge in [0.1, 0.15) is 6.04 Å². The first-order valence-corrected chi connectivity index (χ1v) is 6.49. The summed E-state index contributed by atoms with van der Waals surface area (Å²) in [6.07, 6.45) is 1.68. The molecule has 1 amide bonds. The molecule has 2 unspecified atom stereocenters. The highest BCUT2D eigenvalue weighted by Gasteiger charge is 2.48. The molecule has 2 atom stereocenters. The molecule has 0 bridgehead atoms. The van der Waals surface area contributed by atoms with Crippen molar-refractivity contribution >= 4 is 23.8 Å². The number of hydrogen-bond acceptors (Lipinski definition) is 4. The highest BCUT2D eigenvalue weighted by Crippen LogP contribution is 2.45. The number of amides is 1. The molecule has 1 heterocycles. The van der Waals surface area contributed by atoms with Gasteiger partial charge in [-0.15, -0.1) is 11.8 Å². The predicted molar refractivity (Wildman–Crippen MR) is 59.3 cm³/mol. The fourth-order valence-electron chi connectivity index (χ4n) is 1.89. The van der Waals surface area contributed by atoms with Crippen molar-refractivity contribution in [1.29, 1.82) is 0 Å². The Hall–Kier alpha value is -0.910. The average Bonchev–Trinajstić information content (AvgIpc) is 2.97. The van der Waals surface area contributed by atoms with Gasteiger partial charge < -0.3 is 9.84 Å². The van der Waals surface area contributed by atoms with E-state index in [1.54, 1.807) is 18.7 Å². The maximum Gasteiger partial charge on any atom is 0.411 e. The van der Waals surface area contributed by atoms with Gasteiger partial charge in [0.2, 0.25) is 0 Å². The lowest BCUT2D eigenvalue weighted by Crippen LogP contribution is -2.46. The minimum atomic E-state index is -0.941. The van der Waals surface area contributed by atoms with Gasteiger partial charge in [-0.25, -0.2) is 9.59 Å². The van der Waals surface area contributed by atoms with Crippen LogP contribution in [0.2, 0.25) is 0 Å². The van der Waals surface area contributed by atoms with Gasteiger partial charge in [0.25, 0.3) is 0 Å². The van der Waals surface area contributed by atoms with Crippen LogP contribution in [-0.2, 0) is 9.53 Å². The standard InChI is InChI=1S/C10H15NO4S/c1-2-15-10(14)11-7(9(12)13)5-16-8(11)6-3-4-6/h6-8H,2-5H2,1H3,(H,12,13). The fourth-order valence-corrected chi connectivity index (χ4v) is 3.51. The van der Waals surface area contributed by atoms with Gasteiger partial charge in [-0.3, -0.25) is 4.90 Å². The third kappa shape index (κ3) is 2.11. The molecule has 6 heteroatoms. The maximum absolute atomic E-state index is 11.7. The second-order valence-corrected chi connectivity index (χ2v) is 5.17. The Kier molecular flexibility index (Phi) is 3.28. The summed E-state index contributed by atoms with van der Waals surface area (Å²) in [5.41, 5.74) is 0. The van der Waals surface area contributed by atoms with Crippen LogP contribution in [0, 0.1) is 5.92 Å². The van der Waals surface area contributed by atoms with Crippen molar-refractivity contribution in [3.63, 3.8) is 0 Å². The zero-order valence-corrected chi connectivity index (χ0v) is 9.90. The molecule has 2 aliphatic rings. The van der Waals surface area contributed by atoms with Crippen molar-refractivity contribution in [1.82, 2.24) is 4.90 Å². The van der Waals surface area contributed by atoms with Crippen LogP contribution < -0.4 is 0 Å². The molecule has 1 N–H and O–H groups in total. The van der Waals surface area contributed by atoms with Gasteiger partial charge in [-0.2, -0.15) is 0 Å². The molecule has 16 heavy (non-hydrogen) atoms. The first kappa shape index (κ1) is 11.6. The Morgan fingerprint density at radius 3 is 2.69 bits per heavy atom. The quantitative estimate of drug-likeness (QED) is 0.813. The van der Waals surface area contributed by atoms with E-state index < -0.39 is 18.1 Å². The molecule has 2 rings (SSSR count). The van der Waals surface area contributed by atoms with Crippen LogP contribution in [0.15, 0.2) is 0 Å². The number of thioether (sulfide) groups is 1. The molecule has 5 nitrogen and oxygen atoms in total. The number of carbonyl (C=O) groups excluding carboxylic acids is 1. The number of carboxylic acid groups (broad SMARTS) is 1. The van der Waals surface area contributed by atoms with E-state index in [1.165, 1.54) is 4.90 Å². The van der Waals surface area contributed by atoms with Crippen LogP contribution in [0.5, 0.6) is 0 Å². The first-order chi connectivity index (χ1) is 7.65. The lowest BCUT2D eigenvalue weighted by Gasteiger charge is -2.26. The molecule has 1 aliphatic carbocycles. The highest BCUT2D eigenvalue weighted by atomic mass is 32.2. The Balaban J connectivity index is 2.10. The molecular formula is C10H15NO4S. The van der Waals surface area contributed by atoms with Crippen molar-refractivity contribution in [2.75, 3.05) is 12.4 Å². The number of carbonyl (C=O) groups is 2. The second kappa shape index (κ2) is 4.53. The Bertz CT molecular complexity index is 305. The van der Waals surface area contributed by atoms with E-state index in [-0.39, 0.29) is 12.0 Å². The summed E-state index contributed by atoms with van der Waals surface area (Å²) in [5.74, 6) is -0.0163. The van der Waals surface area contributed by atoms with Gasteiger partial charge in [0.05, 0.1) is 12.0 Å². The van der Waals surface area contributed by atoms with Crippen molar-refractivity contribution in [2.24, 2.45) is 5.92 Å². The summed E-state index contributed by atoms with van der Waals surface area (Å²) < 4.78 is 4.92. The average molecular weight is 245 g/mol. The van der Waals surface area contributed by atoms with Crippen LogP contribution in [-0.4, -0.2) is 45.8 Å². The molecular weight excluding hydrogens is 230 g/mol. The first-order valence-electron chi connectivity index (χ1n) is 5.44. The molecule has 0 spiro atoms. The van der Waals surface area contributed by atoms with E-state index in [9.17, 15) is 9.59 Å². The van der Waals surface area contributed by atoms with Gasteiger partial charge in [-0.05, 0) is 25.7 Å². The third-order valence-corrected chi connectivity index (χ3v) is 4.29. The lowest BCUT2D eigenvalue weighted by atomic mass is 10.2. The van der Waals surface area contributed by atoms with Crippen molar-refractivity contribution in [2.45, 2.75) is 31.2 Å². The summed E-state index contributed by atoms with van der Waals surface area (Å²) in [7, 11) is 0. The summed E-state index contributed by atoms with van der Waals surface area (Å²) >= 11 is 1.56. The third-order valence-electron chi connectivity index (χ3n) is 2.82. The molecule has 1 aliphatic heterocycles.